The van der Waals surface area contributed by atoms with E-state index in [4.69, 9.17) is 11.6 Å². The zero-order valence-electron chi connectivity index (χ0n) is 11.8. The van der Waals surface area contributed by atoms with Gasteiger partial charge in [-0.15, -0.1) is 5.10 Å². The Balaban J connectivity index is 1.78. The molecular formula is C15H11ClFN5O. The second-order valence-corrected chi connectivity index (χ2v) is 5.14. The van der Waals surface area contributed by atoms with Crippen molar-refractivity contribution in [2.45, 2.75) is 6.54 Å². The molecule has 3 aromatic rings. The maximum Gasteiger partial charge on any atom is 0.253 e. The van der Waals surface area contributed by atoms with Gasteiger partial charge in [0, 0.05) is 6.54 Å². The number of nitrogens with one attached hydrogen (secondary N) is 1. The number of amides is 1. The Hall–Kier alpha value is -2.80. The number of aromatic nitrogens is 4. The Morgan fingerprint density at radius 3 is 2.87 bits per heavy atom. The molecule has 0 fully saturated rings. The van der Waals surface area contributed by atoms with Gasteiger partial charge in [-0.25, -0.2) is 9.07 Å². The number of carbonyl (C=O) groups excluding carboxylic acids is 1. The molecule has 1 heterocycles. The minimum Gasteiger partial charge on any atom is -0.348 e. The van der Waals surface area contributed by atoms with Gasteiger partial charge in [0.1, 0.15) is 12.1 Å². The summed E-state index contributed by atoms with van der Waals surface area (Å²) >= 11 is 6.08. The molecule has 0 aliphatic carbocycles. The molecule has 0 saturated heterocycles. The first-order valence-electron chi connectivity index (χ1n) is 6.69. The molecule has 0 unspecified atom stereocenters. The number of tetrazole rings is 1. The highest BCUT2D eigenvalue weighted by Gasteiger charge is 2.12. The van der Waals surface area contributed by atoms with Crippen molar-refractivity contribution in [2.75, 3.05) is 0 Å². The number of benzene rings is 2. The molecule has 2 aromatic carbocycles. The van der Waals surface area contributed by atoms with E-state index >= 15 is 0 Å². The predicted molar refractivity (Wildman–Crippen MR) is 81.7 cm³/mol. The molecule has 0 saturated carbocycles. The molecular weight excluding hydrogens is 321 g/mol. The van der Waals surface area contributed by atoms with Crippen LogP contribution in [0.4, 0.5) is 4.39 Å². The molecule has 0 radical (unpaired) electrons. The lowest BCUT2D eigenvalue weighted by molar-refractivity contribution is 0.0951. The van der Waals surface area contributed by atoms with Crippen LogP contribution in [0.2, 0.25) is 5.02 Å². The monoisotopic (exact) mass is 331 g/mol. The fourth-order valence-corrected chi connectivity index (χ4v) is 2.24. The first-order chi connectivity index (χ1) is 11.1. The molecule has 6 nitrogen and oxygen atoms in total. The van der Waals surface area contributed by atoms with Gasteiger partial charge in [0.15, 0.2) is 0 Å². The molecule has 1 aromatic heterocycles. The maximum atomic E-state index is 13.1. The third kappa shape index (κ3) is 3.51. The molecule has 0 bridgehead atoms. The van der Waals surface area contributed by atoms with Crippen LogP contribution in [0.1, 0.15) is 15.9 Å². The largest absolute Gasteiger partial charge is 0.348 e. The first-order valence-corrected chi connectivity index (χ1v) is 7.07. The summed E-state index contributed by atoms with van der Waals surface area (Å²) in [6.45, 7) is 0.196. The Kier molecular flexibility index (Phi) is 4.29. The number of rotatable bonds is 4. The molecule has 0 atom stereocenters. The lowest BCUT2D eigenvalue weighted by Gasteiger charge is -2.09. The zero-order chi connectivity index (χ0) is 16.2. The smallest absolute Gasteiger partial charge is 0.253 e. The molecule has 23 heavy (non-hydrogen) atoms. The first kappa shape index (κ1) is 15.1. The maximum absolute atomic E-state index is 13.1. The van der Waals surface area contributed by atoms with Crippen molar-refractivity contribution < 1.29 is 9.18 Å². The van der Waals surface area contributed by atoms with Crippen LogP contribution in [0.3, 0.4) is 0 Å². The molecule has 0 spiro atoms. The zero-order valence-corrected chi connectivity index (χ0v) is 12.5. The average Bonchev–Trinajstić information content (AvgIpc) is 3.07. The Bertz CT molecular complexity index is 838. The van der Waals surface area contributed by atoms with Gasteiger partial charge in [-0.1, -0.05) is 23.7 Å². The SMILES string of the molecule is O=C(NCc1cccc(F)c1)c1cc(-n2cnnn2)ccc1Cl. The number of carbonyl (C=O) groups is 1. The highest BCUT2D eigenvalue weighted by Crippen LogP contribution is 2.19. The summed E-state index contributed by atoms with van der Waals surface area (Å²) in [7, 11) is 0. The number of hydrogen-bond donors (Lipinski definition) is 1. The Labute approximate surface area is 135 Å². The van der Waals surface area contributed by atoms with Crippen molar-refractivity contribution >= 4 is 17.5 Å². The highest BCUT2D eigenvalue weighted by molar-refractivity contribution is 6.33. The Morgan fingerprint density at radius 2 is 2.13 bits per heavy atom. The topological polar surface area (TPSA) is 72.7 Å². The normalized spacial score (nSPS) is 10.5. The van der Waals surface area contributed by atoms with E-state index in [-0.39, 0.29) is 23.8 Å². The standard InChI is InChI=1S/C15H11ClFN5O/c16-14-5-4-12(22-9-19-20-21-22)7-13(14)15(23)18-8-10-2-1-3-11(17)6-10/h1-7,9H,8H2,(H,18,23). The fourth-order valence-electron chi connectivity index (χ4n) is 2.03. The van der Waals surface area contributed by atoms with Crippen LogP contribution in [0.5, 0.6) is 0 Å². The summed E-state index contributed by atoms with van der Waals surface area (Å²) in [5.41, 5.74) is 1.55. The van der Waals surface area contributed by atoms with Crippen molar-refractivity contribution in [1.82, 2.24) is 25.5 Å². The number of nitrogens with zero attached hydrogens (tertiary/aromatic N) is 4. The van der Waals surface area contributed by atoms with Gasteiger partial charge >= 0.3 is 0 Å². The van der Waals surface area contributed by atoms with Gasteiger partial charge in [0.05, 0.1) is 16.3 Å². The van der Waals surface area contributed by atoms with Gasteiger partial charge in [-0.2, -0.15) is 0 Å². The quantitative estimate of drug-likeness (QED) is 0.796. The molecule has 116 valence electrons. The van der Waals surface area contributed by atoms with E-state index in [2.05, 4.69) is 20.8 Å². The van der Waals surface area contributed by atoms with Crippen molar-refractivity contribution in [3.63, 3.8) is 0 Å². The molecule has 1 N–H and O–H groups in total. The Morgan fingerprint density at radius 1 is 1.26 bits per heavy atom. The lowest BCUT2D eigenvalue weighted by Crippen LogP contribution is -2.23. The fraction of sp³-hybridized carbons (Fsp3) is 0.0667. The van der Waals surface area contributed by atoms with Crippen LogP contribution in [0, 0.1) is 5.82 Å². The lowest BCUT2D eigenvalue weighted by atomic mass is 10.1. The second-order valence-electron chi connectivity index (χ2n) is 4.73. The summed E-state index contributed by atoms with van der Waals surface area (Å²) in [6.07, 6.45) is 1.41. The van der Waals surface area contributed by atoms with Crippen LogP contribution < -0.4 is 5.32 Å². The molecule has 8 heteroatoms. The van der Waals surface area contributed by atoms with E-state index < -0.39 is 0 Å². The van der Waals surface area contributed by atoms with E-state index in [1.54, 1.807) is 30.3 Å². The average molecular weight is 332 g/mol. The number of halogens is 2. The highest BCUT2D eigenvalue weighted by atomic mass is 35.5. The van der Waals surface area contributed by atoms with E-state index in [1.807, 2.05) is 0 Å². The van der Waals surface area contributed by atoms with E-state index in [0.29, 0.717) is 16.3 Å². The van der Waals surface area contributed by atoms with E-state index in [1.165, 1.54) is 23.1 Å². The van der Waals surface area contributed by atoms with Crippen LogP contribution in [-0.2, 0) is 6.54 Å². The second kappa shape index (κ2) is 6.53. The minimum absolute atomic E-state index is 0.196. The number of hydrogen-bond acceptors (Lipinski definition) is 4. The van der Waals surface area contributed by atoms with Crippen molar-refractivity contribution in [1.29, 1.82) is 0 Å². The van der Waals surface area contributed by atoms with Crippen LogP contribution in [0.25, 0.3) is 5.69 Å². The van der Waals surface area contributed by atoms with Gasteiger partial charge in [-0.05, 0) is 46.3 Å². The van der Waals surface area contributed by atoms with E-state index in [9.17, 15) is 9.18 Å². The summed E-state index contributed by atoms with van der Waals surface area (Å²) < 4.78 is 14.5. The van der Waals surface area contributed by atoms with Crippen molar-refractivity contribution in [2.24, 2.45) is 0 Å². The van der Waals surface area contributed by atoms with Gasteiger partial charge in [0.25, 0.3) is 5.91 Å². The van der Waals surface area contributed by atoms with E-state index in [0.717, 1.165) is 0 Å². The third-order valence-corrected chi connectivity index (χ3v) is 3.48. The molecule has 3 rings (SSSR count). The molecule has 0 aliphatic rings. The van der Waals surface area contributed by atoms with Crippen LogP contribution in [-0.4, -0.2) is 26.1 Å². The van der Waals surface area contributed by atoms with Gasteiger partial charge in [0.2, 0.25) is 0 Å². The van der Waals surface area contributed by atoms with Gasteiger partial charge < -0.3 is 5.32 Å². The minimum atomic E-state index is -0.366. The van der Waals surface area contributed by atoms with Crippen molar-refractivity contribution in [3.8, 4) is 5.69 Å². The van der Waals surface area contributed by atoms with Gasteiger partial charge in [-0.3, -0.25) is 4.79 Å². The summed E-state index contributed by atoms with van der Waals surface area (Å²) in [5.74, 6) is -0.718. The summed E-state index contributed by atoms with van der Waals surface area (Å²) in [4.78, 5) is 12.3. The predicted octanol–water partition coefficient (Wildman–Crippen LogP) is 2.38. The third-order valence-electron chi connectivity index (χ3n) is 3.15. The summed E-state index contributed by atoms with van der Waals surface area (Å²) in [6, 6.07) is 10.9. The summed E-state index contributed by atoms with van der Waals surface area (Å²) in [5, 5.41) is 13.9. The van der Waals surface area contributed by atoms with Crippen LogP contribution in [0.15, 0.2) is 48.8 Å². The molecule has 0 aliphatic heterocycles. The van der Waals surface area contributed by atoms with Crippen molar-refractivity contribution in [3.05, 3.63) is 70.8 Å². The van der Waals surface area contributed by atoms with Crippen LogP contribution >= 0.6 is 11.6 Å². The molecule has 1 amide bonds.